The van der Waals surface area contributed by atoms with Crippen molar-refractivity contribution in [2.45, 2.75) is 26.2 Å². The molecule has 0 amide bonds. The molecule has 0 bridgehead atoms. The highest BCUT2D eigenvalue weighted by molar-refractivity contribution is 6.27. The molecule has 3 aromatic carbocycles. The molecule has 0 heterocycles. The van der Waals surface area contributed by atoms with Gasteiger partial charge >= 0.3 is 0 Å². The van der Waals surface area contributed by atoms with E-state index in [2.05, 4.69) is 68.5 Å². The number of rotatable bonds is 3. The number of carbonyl (C=O) groups excluding carboxylic acids is 1. The van der Waals surface area contributed by atoms with Crippen LogP contribution < -0.4 is 0 Å². The van der Waals surface area contributed by atoms with E-state index >= 15 is 0 Å². The highest BCUT2D eigenvalue weighted by Gasteiger charge is 2.21. The smallest absolute Gasteiger partial charge is 0.167 e. The number of allylic oxidation sites excluding steroid dienone is 1. The average molecular weight is 338 g/mol. The van der Waals surface area contributed by atoms with E-state index in [1.807, 2.05) is 24.3 Å². The summed E-state index contributed by atoms with van der Waals surface area (Å²) in [5.41, 5.74) is 7.87. The van der Waals surface area contributed by atoms with Crippen LogP contribution in [-0.2, 0) is 11.2 Å². The number of fused-ring (bicyclic) bond motifs is 1. The minimum Gasteiger partial charge on any atom is -0.294 e. The number of ketones is 1. The van der Waals surface area contributed by atoms with Gasteiger partial charge in [0, 0.05) is 17.9 Å². The average Bonchev–Trinajstić information content (AvgIpc) is 2.68. The van der Waals surface area contributed by atoms with Gasteiger partial charge in [-0.05, 0) is 46.4 Å². The molecule has 1 aliphatic carbocycles. The molecule has 1 nitrogen and oxygen atoms in total. The van der Waals surface area contributed by atoms with Gasteiger partial charge in [-0.3, -0.25) is 4.79 Å². The largest absolute Gasteiger partial charge is 0.294 e. The molecular formula is C25H22O. The second-order valence-electron chi connectivity index (χ2n) is 7.06. The maximum atomic E-state index is 12.8. The molecule has 4 rings (SSSR count). The van der Waals surface area contributed by atoms with Crippen LogP contribution in [0.2, 0.25) is 0 Å². The predicted octanol–water partition coefficient (Wildman–Crippen LogP) is 5.81. The summed E-state index contributed by atoms with van der Waals surface area (Å²) in [6.07, 6.45) is 2.53. The predicted molar refractivity (Wildman–Crippen MR) is 108 cm³/mol. The van der Waals surface area contributed by atoms with E-state index in [-0.39, 0.29) is 5.78 Å². The number of aryl methyl sites for hydroxylation is 1. The highest BCUT2D eigenvalue weighted by atomic mass is 16.1. The number of hydrogen-bond acceptors (Lipinski definition) is 1. The van der Waals surface area contributed by atoms with Crippen molar-refractivity contribution in [2.24, 2.45) is 0 Å². The van der Waals surface area contributed by atoms with E-state index in [1.165, 1.54) is 11.1 Å². The second kappa shape index (κ2) is 6.76. The lowest BCUT2D eigenvalue weighted by molar-refractivity contribution is -0.113. The first-order valence-corrected chi connectivity index (χ1v) is 9.12. The summed E-state index contributed by atoms with van der Waals surface area (Å²) >= 11 is 0. The van der Waals surface area contributed by atoms with E-state index in [4.69, 9.17) is 0 Å². The summed E-state index contributed by atoms with van der Waals surface area (Å²) in [7, 11) is 0. The van der Waals surface area contributed by atoms with Gasteiger partial charge in [-0.25, -0.2) is 0 Å². The van der Waals surface area contributed by atoms with Gasteiger partial charge in [0.2, 0.25) is 0 Å². The summed E-state index contributed by atoms with van der Waals surface area (Å²) in [5.74, 6) is 0.523. The monoisotopic (exact) mass is 338 g/mol. The molecule has 0 saturated heterocycles. The molecule has 0 saturated carbocycles. The maximum Gasteiger partial charge on any atom is 0.167 e. The summed E-state index contributed by atoms with van der Waals surface area (Å²) in [6, 6.07) is 25.2. The summed E-state index contributed by atoms with van der Waals surface area (Å²) < 4.78 is 0. The third-order valence-corrected chi connectivity index (χ3v) is 5.35. The first kappa shape index (κ1) is 16.5. The van der Waals surface area contributed by atoms with Crippen molar-refractivity contribution in [3.05, 3.63) is 106 Å². The molecule has 0 spiro atoms. The lowest BCUT2D eigenvalue weighted by Crippen LogP contribution is -2.13. The summed E-state index contributed by atoms with van der Waals surface area (Å²) in [4.78, 5) is 12.8. The lowest BCUT2D eigenvalue weighted by atomic mass is 9.83. The van der Waals surface area contributed by atoms with E-state index in [1.54, 1.807) is 0 Å². The molecule has 26 heavy (non-hydrogen) atoms. The van der Waals surface area contributed by atoms with Gasteiger partial charge in [0.15, 0.2) is 5.78 Å². The van der Waals surface area contributed by atoms with Crippen LogP contribution in [0, 0.1) is 6.92 Å². The van der Waals surface area contributed by atoms with Crippen molar-refractivity contribution in [3.63, 3.8) is 0 Å². The zero-order chi connectivity index (χ0) is 18.1. The van der Waals surface area contributed by atoms with E-state index in [0.29, 0.717) is 12.3 Å². The van der Waals surface area contributed by atoms with E-state index in [0.717, 1.165) is 27.8 Å². The Bertz CT molecular complexity index is 996. The van der Waals surface area contributed by atoms with Crippen LogP contribution in [0.25, 0.3) is 11.6 Å². The van der Waals surface area contributed by atoms with Crippen molar-refractivity contribution in [1.82, 2.24) is 0 Å². The molecule has 1 atom stereocenters. The molecule has 0 fully saturated rings. The van der Waals surface area contributed by atoms with Crippen molar-refractivity contribution >= 4 is 17.4 Å². The Hall–Kier alpha value is -2.93. The maximum absolute atomic E-state index is 12.8. The Morgan fingerprint density at radius 3 is 2.35 bits per heavy atom. The van der Waals surface area contributed by atoms with Gasteiger partial charge in [-0.1, -0.05) is 79.7 Å². The van der Waals surface area contributed by atoms with E-state index < -0.39 is 0 Å². The molecule has 0 aromatic heterocycles. The second-order valence-corrected chi connectivity index (χ2v) is 7.06. The summed E-state index contributed by atoms with van der Waals surface area (Å²) in [6.45, 7) is 4.28. The standard InChI is InChI=1S/C25H22O/c1-17-8-6-7-11-23(17)24-15-21-13-12-20(14-22(21)16-25(24)26)18(2)19-9-4-3-5-10-19/h3-15,18H,16H2,1-2H3. The van der Waals surface area contributed by atoms with Crippen molar-refractivity contribution in [3.8, 4) is 0 Å². The van der Waals surface area contributed by atoms with Crippen molar-refractivity contribution in [1.29, 1.82) is 0 Å². The number of benzene rings is 3. The zero-order valence-electron chi connectivity index (χ0n) is 15.2. The van der Waals surface area contributed by atoms with Gasteiger partial charge in [0.05, 0.1) is 0 Å². The Kier molecular flexibility index (Phi) is 4.30. The fourth-order valence-electron chi connectivity index (χ4n) is 3.73. The Morgan fingerprint density at radius 1 is 0.846 bits per heavy atom. The van der Waals surface area contributed by atoms with Crippen LogP contribution in [0.15, 0.2) is 72.8 Å². The van der Waals surface area contributed by atoms with Crippen molar-refractivity contribution < 1.29 is 4.79 Å². The lowest BCUT2D eigenvalue weighted by Gasteiger charge is -2.20. The molecule has 3 aromatic rings. The molecule has 1 heteroatoms. The fraction of sp³-hybridized carbons (Fsp3) is 0.160. The molecule has 1 aliphatic rings. The first-order valence-electron chi connectivity index (χ1n) is 9.12. The van der Waals surface area contributed by atoms with Gasteiger partial charge in [0.25, 0.3) is 0 Å². The Morgan fingerprint density at radius 2 is 1.58 bits per heavy atom. The normalized spacial score (nSPS) is 14.5. The van der Waals surface area contributed by atoms with Crippen molar-refractivity contribution in [2.75, 3.05) is 0 Å². The van der Waals surface area contributed by atoms with Gasteiger partial charge < -0.3 is 0 Å². The molecule has 128 valence electrons. The third kappa shape index (κ3) is 3.01. The summed E-state index contributed by atoms with van der Waals surface area (Å²) in [5, 5.41) is 0. The third-order valence-electron chi connectivity index (χ3n) is 5.35. The van der Waals surface area contributed by atoms with Crippen LogP contribution in [-0.4, -0.2) is 5.78 Å². The van der Waals surface area contributed by atoms with Crippen LogP contribution >= 0.6 is 0 Å². The number of carbonyl (C=O) groups is 1. The van der Waals surface area contributed by atoms with Crippen LogP contribution in [0.3, 0.4) is 0 Å². The number of hydrogen-bond donors (Lipinski definition) is 0. The van der Waals surface area contributed by atoms with Gasteiger partial charge in [0.1, 0.15) is 0 Å². The van der Waals surface area contributed by atoms with Gasteiger partial charge in [-0.2, -0.15) is 0 Å². The van der Waals surface area contributed by atoms with E-state index in [9.17, 15) is 4.79 Å². The highest BCUT2D eigenvalue weighted by Crippen LogP contribution is 2.32. The van der Waals surface area contributed by atoms with Crippen LogP contribution in [0.1, 0.15) is 46.2 Å². The molecular weight excluding hydrogens is 316 g/mol. The SMILES string of the molecule is Cc1ccccc1C1=Cc2ccc(C(C)c3ccccc3)cc2CC1=O. The minimum absolute atomic E-state index is 0.205. The quantitative estimate of drug-likeness (QED) is 0.589. The fourth-order valence-corrected chi connectivity index (χ4v) is 3.73. The first-order chi connectivity index (χ1) is 12.6. The molecule has 0 radical (unpaired) electrons. The topological polar surface area (TPSA) is 17.1 Å². The minimum atomic E-state index is 0.205. The molecule has 1 unspecified atom stereocenters. The molecule has 0 aliphatic heterocycles. The van der Waals surface area contributed by atoms with Gasteiger partial charge in [-0.15, -0.1) is 0 Å². The number of Topliss-reactive ketones (excluding diaryl/α,β-unsaturated/α-hetero) is 1. The Balaban J connectivity index is 1.72. The Labute approximate surface area is 155 Å². The van der Waals surface area contributed by atoms with Crippen LogP contribution in [0.4, 0.5) is 0 Å². The van der Waals surface area contributed by atoms with Crippen LogP contribution in [0.5, 0.6) is 0 Å². The molecule has 0 N–H and O–H groups in total. The zero-order valence-corrected chi connectivity index (χ0v) is 15.2.